The fourth-order valence-corrected chi connectivity index (χ4v) is 3.54. The highest BCUT2D eigenvalue weighted by Crippen LogP contribution is 2.22. The molecule has 0 aliphatic carbocycles. The second kappa shape index (κ2) is 8.96. The molecule has 0 saturated heterocycles. The highest BCUT2D eigenvalue weighted by atomic mass is 35.5. The van der Waals surface area contributed by atoms with Crippen LogP contribution in [0.25, 0.3) is 10.9 Å². The van der Waals surface area contributed by atoms with Crippen molar-refractivity contribution < 1.29 is 4.74 Å². The summed E-state index contributed by atoms with van der Waals surface area (Å²) < 4.78 is 6.04. The van der Waals surface area contributed by atoms with E-state index in [9.17, 15) is 0 Å². The number of benzene rings is 3. The summed E-state index contributed by atoms with van der Waals surface area (Å²) in [7, 11) is 0. The number of aromatic amines is 1. The monoisotopic (exact) mass is 390 g/mol. The summed E-state index contributed by atoms with van der Waals surface area (Å²) >= 11 is 6.23. The molecule has 142 valence electrons. The normalized spacial score (nSPS) is 11.0. The van der Waals surface area contributed by atoms with Gasteiger partial charge in [0.05, 0.1) is 0 Å². The van der Waals surface area contributed by atoms with Crippen molar-refractivity contribution in [3.63, 3.8) is 0 Å². The van der Waals surface area contributed by atoms with Crippen LogP contribution in [0.4, 0.5) is 0 Å². The van der Waals surface area contributed by atoms with Gasteiger partial charge in [0.2, 0.25) is 0 Å². The summed E-state index contributed by atoms with van der Waals surface area (Å²) in [5, 5.41) is 5.57. The van der Waals surface area contributed by atoms with Crippen molar-refractivity contribution in [2.75, 3.05) is 6.54 Å². The molecule has 4 aromatic rings. The molecular formula is C24H23ClN2O. The van der Waals surface area contributed by atoms with Crippen molar-refractivity contribution in [1.29, 1.82) is 0 Å². The number of H-pyrrole nitrogens is 1. The second-order valence-corrected chi connectivity index (χ2v) is 7.18. The first kappa shape index (κ1) is 18.6. The number of halogens is 1. The van der Waals surface area contributed by atoms with Gasteiger partial charge >= 0.3 is 0 Å². The highest BCUT2D eigenvalue weighted by Gasteiger charge is 2.06. The lowest BCUT2D eigenvalue weighted by atomic mass is 10.1. The van der Waals surface area contributed by atoms with E-state index in [-0.39, 0.29) is 0 Å². The van der Waals surface area contributed by atoms with Crippen LogP contribution in [0.2, 0.25) is 5.02 Å². The zero-order valence-electron chi connectivity index (χ0n) is 15.6. The maximum Gasteiger partial charge on any atom is 0.124 e. The van der Waals surface area contributed by atoms with Crippen molar-refractivity contribution in [1.82, 2.24) is 10.3 Å². The molecule has 0 saturated carbocycles. The second-order valence-electron chi connectivity index (χ2n) is 6.77. The number of aromatic nitrogens is 1. The summed E-state index contributed by atoms with van der Waals surface area (Å²) in [5.41, 5.74) is 4.67. The van der Waals surface area contributed by atoms with E-state index in [1.807, 2.05) is 42.5 Å². The van der Waals surface area contributed by atoms with Gasteiger partial charge in [0.25, 0.3) is 0 Å². The fraction of sp³-hybridized carbons (Fsp3) is 0.167. The Bertz CT molecular complexity index is 1060. The standard InChI is InChI=1S/C24H23ClN2O/c25-22-10-4-1-8-20(22)17-28-24-12-6-2-7-19(24)15-26-14-13-18-16-27-23-11-5-3-9-21(18)23/h1-12,16,26-27H,13-15,17H2. The lowest BCUT2D eigenvalue weighted by molar-refractivity contribution is 0.302. The van der Waals surface area contributed by atoms with Crippen molar-refractivity contribution in [2.45, 2.75) is 19.6 Å². The molecule has 0 amide bonds. The smallest absolute Gasteiger partial charge is 0.124 e. The van der Waals surface area contributed by atoms with E-state index < -0.39 is 0 Å². The van der Waals surface area contributed by atoms with E-state index in [1.165, 1.54) is 16.5 Å². The molecule has 2 N–H and O–H groups in total. The third-order valence-corrected chi connectivity index (χ3v) is 5.24. The molecule has 0 bridgehead atoms. The molecule has 3 nitrogen and oxygen atoms in total. The first-order valence-electron chi connectivity index (χ1n) is 9.51. The van der Waals surface area contributed by atoms with Crippen LogP contribution >= 0.6 is 11.6 Å². The number of hydrogen-bond donors (Lipinski definition) is 2. The number of rotatable bonds is 8. The van der Waals surface area contributed by atoms with Gasteiger partial charge in [-0.25, -0.2) is 0 Å². The Labute approximate surface area is 170 Å². The zero-order valence-corrected chi connectivity index (χ0v) is 16.4. The van der Waals surface area contributed by atoms with E-state index in [0.29, 0.717) is 6.61 Å². The molecule has 0 aliphatic rings. The van der Waals surface area contributed by atoms with E-state index in [2.05, 4.69) is 46.8 Å². The van der Waals surface area contributed by atoms with Crippen molar-refractivity contribution >= 4 is 22.5 Å². The number of fused-ring (bicyclic) bond motifs is 1. The minimum atomic E-state index is 0.464. The third-order valence-electron chi connectivity index (χ3n) is 4.88. The molecule has 0 fully saturated rings. The lowest BCUT2D eigenvalue weighted by Crippen LogP contribution is -2.17. The quantitative estimate of drug-likeness (QED) is 0.377. The van der Waals surface area contributed by atoms with E-state index >= 15 is 0 Å². The van der Waals surface area contributed by atoms with Gasteiger partial charge in [-0.1, -0.05) is 66.2 Å². The summed E-state index contributed by atoms with van der Waals surface area (Å²) in [6.45, 7) is 2.13. The molecule has 4 heteroatoms. The van der Waals surface area contributed by atoms with Crippen LogP contribution in [0.15, 0.2) is 79.0 Å². The molecule has 0 unspecified atom stereocenters. The van der Waals surface area contributed by atoms with Crippen LogP contribution in [0.3, 0.4) is 0 Å². The molecular weight excluding hydrogens is 368 g/mol. The molecule has 1 heterocycles. The minimum Gasteiger partial charge on any atom is -0.489 e. The third kappa shape index (κ3) is 4.38. The van der Waals surface area contributed by atoms with Gasteiger partial charge in [0.1, 0.15) is 12.4 Å². The molecule has 28 heavy (non-hydrogen) atoms. The summed E-state index contributed by atoms with van der Waals surface area (Å²) in [5.74, 6) is 0.891. The van der Waals surface area contributed by atoms with Crippen molar-refractivity contribution in [2.24, 2.45) is 0 Å². The predicted molar refractivity (Wildman–Crippen MR) is 116 cm³/mol. The Hall–Kier alpha value is -2.75. The van der Waals surface area contributed by atoms with Gasteiger partial charge in [-0.05, 0) is 36.7 Å². The zero-order chi connectivity index (χ0) is 19.2. The number of ether oxygens (including phenoxy) is 1. The molecule has 4 rings (SSSR count). The summed E-state index contributed by atoms with van der Waals surface area (Å²) in [6.07, 6.45) is 3.08. The predicted octanol–water partition coefficient (Wildman–Crippen LogP) is 5.73. The number of hydrogen-bond acceptors (Lipinski definition) is 2. The Morgan fingerprint density at radius 1 is 0.821 bits per heavy atom. The van der Waals surface area contributed by atoms with Gasteiger partial charge < -0.3 is 15.0 Å². The Kier molecular flexibility index (Phi) is 5.95. The first-order valence-corrected chi connectivity index (χ1v) is 9.89. The largest absolute Gasteiger partial charge is 0.489 e. The molecule has 1 aromatic heterocycles. The molecule has 0 spiro atoms. The van der Waals surface area contributed by atoms with Crippen LogP contribution < -0.4 is 10.1 Å². The van der Waals surface area contributed by atoms with E-state index in [0.717, 1.165) is 41.4 Å². The fourth-order valence-electron chi connectivity index (χ4n) is 3.35. The van der Waals surface area contributed by atoms with Gasteiger partial charge in [-0.15, -0.1) is 0 Å². The van der Waals surface area contributed by atoms with Crippen LogP contribution in [-0.4, -0.2) is 11.5 Å². The Morgan fingerprint density at radius 3 is 2.46 bits per heavy atom. The first-order chi connectivity index (χ1) is 13.8. The topological polar surface area (TPSA) is 37.0 Å². The van der Waals surface area contributed by atoms with Gasteiger partial charge in [0, 0.05) is 39.8 Å². The summed E-state index contributed by atoms with van der Waals surface area (Å²) in [4.78, 5) is 3.33. The van der Waals surface area contributed by atoms with E-state index in [1.54, 1.807) is 0 Å². The average Bonchev–Trinajstić information content (AvgIpc) is 3.14. The average molecular weight is 391 g/mol. The number of para-hydroxylation sites is 2. The van der Waals surface area contributed by atoms with Crippen LogP contribution in [0.5, 0.6) is 5.75 Å². The van der Waals surface area contributed by atoms with Gasteiger partial charge in [-0.3, -0.25) is 0 Å². The lowest BCUT2D eigenvalue weighted by Gasteiger charge is -2.13. The molecule has 3 aromatic carbocycles. The molecule has 0 radical (unpaired) electrons. The molecule has 0 atom stereocenters. The highest BCUT2D eigenvalue weighted by molar-refractivity contribution is 6.31. The SMILES string of the molecule is Clc1ccccc1COc1ccccc1CNCCc1c[nH]c2ccccc12. The van der Waals surface area contributed by atoms with Crippen molar-refractivity contribution in [3.05, 3.63) is 101 Å². The summed E-state index contributed by atoms with van der Waals surface area (Å²) in [6, 6.07) is 24.3. The Morgan fingerprint density at radius 2 is 1.57 bits per heavy atom. The van der Waals surface area contributed by atoms with Gasteiger partial charge in [-0.2, -0.15) is 0 Å². The molecule has 0 aliphatic heterocycles. The maximum absolute atomic E-state index is 6.23. The van der Waals surface area contributed by atoms with Crippen LogP contribution in [0.1, 0.15) is 16.7 Å². The van der Waals surface area contributed by atoms with E-state index in [4.69, 9.17) is 16.3 Å². The van der Waals surface area contributed by atoms with Crippen LogP contribution in [-0.2, 0) is 19.6 Å². The Balaban J connectivity index is 1.33. The van der Waals surface area contributed by atoms with Crippen LogP contribution in [0, 0.1) is 0 Å². The van der Waals surface area contributed by atoms with Crippen molar-refractivity contribution in [3.8, 4) is 5.75 Å². The number of nitrogens with one attached hydrogen (secondary N) is 2. The minimum absolute atomic E-state index is 0.464. The maximum atomic E-state index is 6.23. The van der Waals surface area contributed by atoms with Gasteiger partial charge in [0.15, 0.2) is 0 Å².